The molecule has 0 radical (unpaired) electrons. The first-order chi connectivity index (χ1) is 9.97. The maximum absolute atomic E-state index is 13.7. The van der Waals surface area contributed by atoms with Crippen LogP contribution in [-0.2, 0) is 0 Å². The summed E-state index contributed by atoms with van der Waals surface area (Å²) >= 11 is 8.27. The van der Waals surface area contributed by atoms with Gasteiger partial charge in [-0.3, -0.25) is 0 Å². The van der Waals surface area contributed by atoms with E-state index in [1.54, 1.807) is 0 Å². The van der Waals surface area contributed by atoms with Gasteiger partial charge in [0.2, 0.25) is 0 Å². The molecular formula is C15H13BrF2N2S. The Morgan fingerprint density at radius 3 is 2.48 bits per heavy atom. The minimum atomic E-state index is -0.710. The molecule has 0 amide bonds. The number of hydrogen-bond acceptors (Lipinski definition) is 1. The van der Waals surface area contributed by atoms with Crippen LogP contribution < -0.4 is 10.6 Å². The minimum Gasteiger partial charge on any atom is -0.356 e. The maximum Gasteiger partial charge on any atom is 0.171 e. The fraction of sp³-hybridized carbons (Fsp3) is 0.133. The maximum atomic E-state index is 13.7. The van der Waals surface area contributed by atoms with Gasteiger partial charge < -0.3 is 10.6 Å². The lowest BCUT2D eigenvalue weighted by atomic mass is 10.1. The monoisotopic (exact) mass is 370 g/mol. The molecule has 2 aromatic rings. The van der Waals surface area contributed by atoms with Crippen molar-refractivity contribution in [1.29, 1.82) is 0 Å². The molecule has 0 bridgehead atoms. The number of rotatable bonds is 3. The minimum absolute atomic E-state index is 0.0338. The molecule has 0 spiro atoms. The molecule has 21 heavy (non-hydrogen) atoms. The van der Waals surface area contributed by atoms with Crippen LogP contribution in [0.2, 0.25) is 0 Å². The van der Waals surface area contributed by atoms with Gasteiger partial charge in [0.25, 0.3) is 0 Å². The van der Waals surface area contributed by atoms with Crippen LogP contribution in [0.4, 0.5) is 14.5 Å². The molecule has 0 aliphatic heterocycles. The first-order valence-corrected chi connectivity index (χ1v) is 7.44. The third kappa shape index (κ3) is 4.22. The van der Waals surface area contributed by atoms with E-state index >= 15 is 0 Å². The average Bonchev–Trinajstić information content (AvgIpc) is 2.43. The summed E-state index contributed by atoms with van der Waals surface area (Å²) in [6, 6.07) is 11.7. The van der Waals surface area contributed by atoms with E-state index in [2.05, 4.69) is 26.6 Å². The van der Waals surface area contributed by atoms with Crippen LogP contribution in [-0.4, -0.2) is 5.11 Å². The van der Waals surface area contributed by atoms with Crippen molar-refractivity contribution in [2.45, 2.75) is 13.0 Å². The Morgan fingerprint density at radius 1 is 1.19 bits per heavy atom. The molecule has 110 valence electrons. The molecule has 0 aliphatic rings. The van der Waals surface area contributed by atoms with Crippen LogP contribution in [0.5, 0.6) is 0 Å². The molecule has 0 saturated heterocycles. The van der Waals surface area contributed by atoms with Crippen molar-refractivity contribution in [1.82, 2.24) is 5.32 Å². The van der Waals surface area contributed by atoms with Gasteiger partial charge in [-0.1, -0.05) is 30.3 Å². The summed E-state index contributed by atoms with van der Waals surface area (Å²) < 4.78 is 27.0. The van der Waals surface area contributed by atoms with Gasteiger partial charge in [0.1, 0.15) is 5.82 Å². The summed E-state index contributed by atoms with van der Waals surface area (Å²) in [5, 5.41) is 6.05. The normalized spacial score (nSPS) is 11.8. The van der Waals surface area contributed by atoms with Gasteiger partial charge >= 0.3 is 0 Å². The van der Waals surface area contributed by atoms with Crippen molar-refractivity contribution < 1.29 is 8.78 Å². The zero-order valence-electron chi connectivity index (χ0n) is 11.2. The fourth-order valence-electron chi connectivity index (χ4n) is 1.83. The van der Waals surface area contributed by atoms with Crippen LogP contribution in [0.15, 0.2) is 46.9 Å². The van der Waals surface area contributed by atoms with Gasteiger partial charge in [-0.25, -0.2) is 8.78 Å². The standard InChI is InChI=1S/C15H13BrF2N2S/c1-9(10-5-3-2-4-6-10)19-15(21)20-14-12(16)7-11(17)8-13(14)18/h2-9H,1H3,(H2,19,20,21). The molecule has 0 aromatic heterocycles. The van der Waals surface area contributed by atoms with Crippen molar-refractivity contribution >= 4 is 38.9 Å². The number of benzene rings is 2. The Bertz CT molecular complexity index is 626. The number of nitrogens with one attached hydrogen (secondary N) is 2. The molecule has 0 heterocycles. The highest BCUT2D eigenvalue weighted by molar-refractivity contribution is 9.10. The quantitative estimate of drug-likeness (QED) is 0.760. The number of anilines is 1. The van der Waals surface area contributed by atoms with Gasteiger partial charge in [0.15, 0.2) is 10.9 Å². The zero-order chi connectivity index (χ0) is 15.4. The largest absolute Gasteiger partial charge is 0.356 e. The Labute approximate surface area is 135 Å². The average molecular weight is 371 g/mol. The molecule has 2 rings (SSSR count). The third-order valence-corrected chi connectivity index (χ3v) is 3.74. The second kappa shape index (κ2) is 6.95. The summed E-state index contributed by atoms with van der Waals surface area (Å²) in [5.41, 5.74) is 1.16. The first kappa shape index (κ1) is 15.9. The summed E-state index contributed by atoms with van der Waals surface area (Å²) in [4.78, 5) is 0. The highest BCUT2D eigenvalue weighted by Gasteiger charge is 2.12. The highest BCUT2D eigenvalue weighted by Crippen LogP contribution is 2.27. The van der Waals surface area contributed by atoms with E-state index in [0.29, 0.717) is 0 Å². The predicted molar refractivity (Wildman–Crippen MR) is 88.3 cm³/mol. The Kier molecular flexibility index (Phi) is 5.25. The predicted octanol–water partition coefficient (Wildman–Crippen LogP) is 4.77. The van der Waals surface area contributed by atoms with E-state index in [4.69, 9.17) is 12.2 Å². The van der Waals surface area contributed by atoms with Crippen LogP contribution in [0, 0.1) is 11.6 Å². The van der Waals surface area contributed by atoms with Crippen LogP contribution in [0.1, 0.15) is 18.5 Å². The van der Waals surface area contributed by atoms with E-state index in [1.807, 2.05) is 37.3 Å². The summed E-state index contributed by atoms with van der Waals surface area (Å²) in [6.45, 7) is 1.94. The lowest BCUT2D eigenvalue weighted by Gasteiger charge is -2.18. The van der Waals surface area contributed by atoms with Gasteiger partial charge in [-0.2, -0.15) is 0 Å². The van der Waals surface area contributed by atoms with Gasteiger partial charge in [-0.05, 0) is 46.7 Å². The lowest BCUT2D eigenvalue weighted by molar-refractivity contribution is 0.584. The summed E-state index contributed by atoms with van der Waals surface area (Å²) in [5.74, 6) is -1.36. The molecule has 0 aliphatic carbocycles. The molecule has 0 fully saturated rings. The molecule has 0 saturated carbocycles. The van der Waals surface area contributed by atoms with E-state index in [9.17, 15) is 8.78 Å². The third-order valence-electron chi connectivity index (χ3n) is 2.89. The van der Waals surface area contributed by atoms with Gasteiger partial charge in [0.05, 0.1) is 11.7 Å². The van der Waals surface area contributed by atoms with Crippen molar-refractivity contribution in [2.24, 2.45) is 0 Å². The molecule has 2 nitrogen and oxygen atoms in total. The number of hydrogen-bond donors (Lipinski definition) is 2. The highest BCUT2D eigenvalue weighted by atomic mass is 79.9. The van der Waals surface area contributed by atoms with Crippen molar-refractivity contribution in [3.8, 4) is 0 Å². The number of thiocarbonyl (C=S) groups is 1. The van der Waals surface area contributed by atoms with E-state index in [0.717, 1.165) is 11.6 Å². The molecule has 2 N–H and O–H groups in total. The van der Waals surface area contributed by atoms with E-state index in [-0.39, 0.29) is 21.3 Å². The fourth-order valence-corrected chi connectivity index (χ4v) is 2.62. The molecule has 1 unspecified atom stereocenters. The van der Waals surface area contributed by atoms with Crippen molar-refractivity contribution in [3.63, 3.8) is 0 Å². The lowest BCUT2D eigenvalue weighted by Crippen LogP contribution is -2.31. The van der Waals surface area contributed by atoms with Crippen molar-refractivity contribution in [2.75, 3.05) is 5.32 Å². The summed E-state index contributed by atoms with van der Waals surface area (Å²) in [6.07, 6.45) is 0. The second-order valence-corrected chi connectivity index (χ2v) is 5.74. The zero-order valence-corrected chi connectivity index (χ0v) is 13.6. The van der Waals surface area contributed by atoms with Crippen LogP contribution in [0.25, 0.3) is 0 Å². The molecule has 1 atom stereocenters. The van der Waals surface area contributed by atoms with Crippen molar-refractivity contribution in [3.05, 3.63) is 64.1 Å². The van der Waals surface area contributed by atoms with Gasteiger partial charge in [-0.15, -0.1) is 0 Å². The van der Waals surface area contributed by atoms with Crippen LogP contribution in [0.3, 0.4) is 0 Å². The number of halogens is 3. The van der Waals surface area contributed by atoms with Crippen LogP contribution >= 0.6 is 28.1 Å². The second-order valence-electron chi connectivity index (χ2n) is 4.48. The van der Waals surface area contributed by atoms with E-state index in [1.165, 1.54) is 6.07 Å². The summed E-state index contributed by atoms with van der Waals surface area (Å²) in [7, 11) is 0. The topological polar surface area (TPSA) is 24.1 Å². The molecule has 6 heteroatoms. The Hall–Kier alpha value is -1.53. The Balaban J connectivity index is 2.06. The SMILES string of the molecule is CC(NC(=S)Nc1c(F)cc(F)cc1Br)c1ccccc1. The molecule has 2 aromatic carbocycles. The van der Waals surface area contributed by atoms with E-state index < -0.39 is 11.6 Å². The molecular weight excluding hydrogens is 358 g/mol. The van der Waals surface area contributed by atoms with Gasteiger partial charge in [0, 0.05) is 10.5 Å². The first-order valence-electron chi connectivity index (χ1n) is 6.24. The smallest absolute Gasteiger partial charge is 0.171 e. The Morgan fingerprint density at radius 2 is 1.86 bits per heavy atom.